The molecule has 0 atom stereocenters. The molecule has 2 nitrogen and oxygen atoms in total. The summed E-state index contributed by atoms with van der Waals surface area (Å²) in [6.07, 6.45) is 1.75. The monoisotopic (exact) mass is 742 g/mol. The molecule has 8 aromatic carbocycles. The number of rotatable bonds is 7. The average Bonchev–Trinajstić information content (AvgIpc) is 3.61. The van der Waals surface area contributed by atoms with Gasteiger partial charge in [-0.25, -0.2) is 9.97 Å². The average molecular weight is 743 g/mol. The highest BCUT2D eigenvalue weighted by atomic mass is 14.9. The highest BCUT2D eigenvalue weighted by Gasteiger charge is 2.46. The van der Waals surface area contributed by atoms with Gasteiger partial charge in [-0.2, -0.15) is 0 Å². The van der Waals surface area contributed by atoms with Crippen LogP contribution in [0.1, 0.15) is 29.2 Å². The Morgan fingerprint density at radius 2 is 0.776 bits per heavy atom. The van der Waals surface area contributed by atoms with Crippen LogP contribution >= 0.6 is 0 Å². The minimum Gasteiger partial charge on any atom is -0.228 e. The summed E-state index contributed by atoms with van der Waals surface area (Å²) in [5.74, 6) is 0.713. The largest absolute Gasteiger partial charge is 0.228 e. The molecule has 2 heteroatoms. The smallest absolute Gasteiger partial charge is 0.160 e. The van der Waals surface area contributed by atoms with E-state index < -0.39 is 5.41 Å². The Morgan fingerprint density at radius 3 is 1.36 bits per heavy atom. The molecule has 0 bridgehead atoms. The van der Waals surface area contributed by atoms with E-state index in [1.54, 1.807) is 6.08 Å². The van der Waals surface area contributed by atoms with Crippen LogP contribution in [0.4, 0.5) is 0 Å². The summed E-state index contributed by atoms with van der Waals surface area (Å²) in [6.45, 7) is 5.25. The predicted molar refractivity (Wildman–Crippen MR) is 242 cm³/mol. The van der Waals surface area contributed by atoms with Gasteiger partial charge in [0.15, 0.2) is 5.82 Å². The maximum atomic E-state index is 5.10. The Bertz CT molecular complexity index is 2750. The molecule has 9 aromatic rings. The van der Waals surface area contributed by atoms with Gasteiger partial charge in [0.1, 0.15) is 0 Å². The van der Waals surface area contributed by atoms with Gasteiger partial charge in [-0.05, 0) is 86.8 Å². The van der Waals surface area contributed by atoms with E-state index >= 15 is 0 Å². The third-order valence-corrected chi connectivity index (χ3v) is 11.0. The van der Waals surface area contributed by atoms with Crippen LogP contribution < -0.4 is 0 Å². The summed E-state index contributed by atoms with van der Waals surface area (Å²) >= 11 is 0. The minimum atomic E-state index is -0.439. The zero-order valence-corrected chi connectivity index (χ0v) is 32.5. The zero-order chi connectivity index (χ0) is 39.3. The molecule has 1 aliphatic rings. The molecule has 58 heavy (non-hydrogen) atoms. The summed E-state index contributed by atoms with van der Waals surface area (Å²) < 4.78 is 0. The van der Waals surface area contributed by atoms with Gasteiger partial charge < -0.3 is 0 Å². The van der Waals surface area contributed by atoms with Crippen LogP contribution in [-0.4, -0.2) is 9.97 Å². The summed E-state index contributed by atoms with van der Waals surface area (Å²) in [5, 5.41) is 0. The first-order valence-corrected chi connectivity index (χ1v) is 19.8. The van der Waals surface area contributed by atoms with Gasteiger partial charge in [0.05, 0.1) is 16.8 Å². The second-order valence-corrected chi connectivity index (χ2v) is 14.6. The maximum Gasteiger partial charge on any atom is 0.160 e. The highest BCUT2D eigenvalue weighted by Crippen LogP contribution is 2.56. The Labute approximate surface area is 341 Å². The van der Waals surface area contributed by atoms with Crippen LogP contribution in [0.5, 0.6) is 0 Å². The van der Waals surface area contributed by atoms with Crippen LogP contribution in [0.2, 0.25) is 0 Å². The number of fused-ring (bicyclic) bond motifs is 3. The molecule has 276 valence electrons. The second-order valence-electron chi connectivity index (χ2n) is 14.6. The van der Waals surface area contributed by atoms with Gasteiger partial charge in [0.2, 0.25) is 0 Å². The van der Waals surface area contributed by atoms with E-state index in [1.807, 2.05) is 31.2 Å². The molecular weight excluding hydrogens is 701 g/mol. The zero-order valence-electron chi connectivity index (χ0n) is 32.5. The molecular formula is C56H42N2. The molecule has 0 N–H and O–H groups in total. The number of allylic oxidation sites excluding steroid dienone is 1. The van der Waals surface area contributed by atoms with Crippen molar-refractivity contribution >= 4 is 0 Å². The lowest BCUT2D eigenvalue weighted by Crippen LogP contribution is -2.28. The van der Waals surface area contributed by atoms with Gasteiger partial charge in [0.25, 0.3) is 0 Å². The Balaban J connectivity index is 0.00000141. The van der Waals surface area contributed by atoms with E-state index in [4.69, 9.17) is 9.97 Å². The fourth-order valence-electron chi connectivity index (χ4n) is 8.43. The van der Waals surface area contributed by atoms with Crippen molar-refractivity contribution in [3.8, 4) is 67.3 Å². The molecule has 10 rings (SSSR count). The topological polar surface area (TPSA) is 25.8 Å². The Morgan fingerprint density at radius 1 is 0.362 bits per heavy atom. The molecule has 0 aliphatic heterocycles. The predicted octanol–water partition coefficient (Wildman–Crippen LogP) is 14.4. The van der Waals surface area contributed by atoms with Crippen molar-refractivity contribution < 1.29 is 0 Å². The molecule has 0 radical (unpaired) electrons. The second kappa shape index (κ2) is 16.0. The Hall–Kier alpha value is -7.42. The fraction of sp³-hybridized carbons (Fsp3) is 0.0357. The first-order chi connectivity index (χ1) is 28.7. The SMILES string of the molecule is C=CC.c1ccc(-c2cc(-c3cccc(-c4cccc(-c5ccc6c(c5)C(c5ccccc5)(c5ccccc5)c5ccccc5-6)c4)c3)nc(-c3ccccc3)n2)cc1. The molecule has 0 saturated heterocycles. The van der Waals surface area contributed by atoms with E-state index in [2.05, 4.69) is 201 Å². The standard InChI is InChI=1S/C53H36N2.C3H6/c1-5-17-37(18-6-1)50-36-51(55-52(54-50)38-19-7-2-8-20-38)43-24-16-23-41(34-43)39-21-15-22-40(33-39)42-31-32-47-46-29-13-14-30-48(46)53(49(47)35-42,44-25-9-3-10-26-44)45-27-11-4-12-28-45;1-3-2/h1-36H;3H,1H2,2H3. The third kappa shape index (κ3) is 6.65. The summed E-state index contributed by atoms with van der Waals surface area (Å²) in [7, 11) is 0. The fourth-order valence-corrected chi connectivity index (χ4v) is 8.43. The third-order valence-electron chi connectivity index (χ3n) is 11.0. The number of hydrogen-bond acceptors (Lipinski definition) is 2. The molecule has 1 heterocycles. The van der Waals surface area contributed by atoms with E-state index in [1.165, 1.54) is 44.5 Å². The lowest BCUT2D eigenvalue weighted by atomic mass is 9.67. The molecule has 0 spiro atoms. The molecule has 1 aromatic heterocycles. The van der Waals surface area contributed by atoms with E-state index in [-0.39, 0.29) is 0 Å². The van der Waals surface area contributed by atoms with Gasteiger partial charge in [-0.3, -0.25) is 0 Å². The van der Waals surface area contributed by atoms with E-state index in [9.17, 15) is 0 Å². The van der Waals surface area contributed by atoms with E-state index in [0.29, 0.717) is 5.82 Å². The summed E-state index contributed by atoms with van der Waals surface area (Å²) in [5.41, 5.74) is 16.9. The van der Waals surface area contributed by atoms with Crippen molar-refractivity contribution in [3.63, 3.8) is 0 Å². The first kappa shape index (κ1) is 36.2. The van der Waals surface area contributed by atoms with Crippen LogP contribution in [0.3, 0.4) is 0 Å². The summed E-state index contributed by atoms with van der Waals surface area (Å²) in [6, 6.07) is 78.2. The van der Waals surface area contributed by atoms with Gasteiger partial charge in [0, 0.05) is 16.7 Å². The lowest BCUT2D eigenvalue weighted by molar-refractivity contribution is 0.769. The van der Waals surface area contributed by atoms with Crippen molar-refractivity contribution in [2.75, 3.05) is 0 Å². The van der Waals surface area contributed by atoms with Gasteiger partial charge in [-0.1, -0.05) is 200 Å². The van der Waals surface area contributed by atoms with Crippen molar-refractivity contribution in [3.05, 3.63) is 253 Å². The van der Waals surface area contributed by atoms with Crippen LogP contribution in [0.15, 0.2) is 231 Å². The molecule has 0 saturated carbocycles. The van der Waals surface area contributed by atoms with Crippen molar-refractivity contribution in [1.29, 1.82) is 0 Å². The number of benzene rings is 8. The van der Waals surface area contributed by atoms with E-state index in [0.717, 1.165) is 39.2 Å². The van der Waals surface area contributed by atoms with Gasteiger partial charge >= 0.3 is 0 Å². The van der Waals surface area contributed by atoms with Crippen molar-refractivity contribution in [2.45, 2.75) is 12.3 Å². The minimum absolute atomic E-state index is 0.439. The first-order valence-electron chi connectivity index (χ1n) is 19.8. The quantitative estimate of drug-likeness (QED) is 0.152. The lowest BCUT2D eigenvalue weighted by Gasteiger charge is -2.34. The van der Waals surface area contributed by atoms with Crippen LogP contribution in [0, 0.1) is 0 Å². The van der Waals surface area contributed by atoms with Crippen LogP contribution in [0.25, 0.3) is 67.3 Å². The normalized spacial score (nSPS) is 12.1. The highest BCUT2D eigenvalue weighted by molar-refractivity contribution is 5.89. The Kier molecular flexibility index (Phi) is 9.98. The van der Waals surface area contributed by atoms with Crippen molar-refractivity contribution in [2.24, 2.45) is 0 Å². The van der Waals surface area contributed by atoms with Crippen LogP contribution in [-0.2, 0) is 5.41 Å². The molecule has 0 unspecified atom stereocenters. The molecule has 0 fully saturated rings. The summed E-state index contributed by atoms with van der Waals surface area (Å²) in [4.78, 5) is 10.1. The maximum absolute atomic E-state index is 5.10. The number of hydrogen-bond donors (Lipinski definition) is 0. The van der Waals surface area contributed by atoms with Crippen molar-refractivity contribution in [1.82, 2.24) is 9.97 Å². The number of nitrogens with zero attached hydrogens (tertiary/aromatic N) is 2. The molecule has 0 amide bonds. The molecule has 1 aliphatic carbocycles. The number of aromatic nitrogens is 2. The van der Waals surface area contributed by atoms with Gasteiger partial charge in [-0.15, -0.1) is 6.58 Å².